The summed E-state index contributed by atoms with van der Waals surface area (Å²) in [6.45, 7) is 1.71. The van der Waals surface area contributed by atoms with Gasteiger partial charge in [0.25, 0.3) is 9.05 Å². The molecule has 0 aliphatic carbocycles. The molecule has 6 heteroatoms. The molecule has 3 nitrogen and oxygen atoms in total. The molecule has 0 radical (unpaired) electrons. The molecule has 0 saturated heterocycles. The number of halogens is 2. The molecule has 0 saturated carbocycles. The first kappa shape index (κ1) is 11.6. The van der Waals surface area contributed by atoms with E-state index >= 15 is 0 Å². The van der Waals surface area contributed by atoms with E-state index < -0.39 is 9.05 Å². The van der Waals surface area contributed by atoms with Crippen LogP contribution in [0.25, 0.3) is 0 Å². The van der Waals surface area contributed by atoms with E-state index in [1.807, 2.05) is 0 Å². The molecule has 1 rings (SSSR count). The predicted molar refractivity (Wildman–Crippen MR) is 55.8 cm³/mol. The summed E-state index contributed by atoms with van der Waals surface area (Å²) < 4.78 is 27.3. The molecule has 0 unspecified atom stereocenters. The molecule has 78 valence electrons. The van der Waals surface area contributed by atoms with E-state index in [2.05, 4.69) is 0 Å². The monoisotopic (exact) mass is 254 g/mol. The molecule has 0 bridgehead atoms. The Bertz CT molecular complexity index is 454. The number of ether oxygens (including phenoxy) is 1. The fourth-order valence-corrected chi connectivity index (χ4v) is 2.92. The number of hydrogen-bond acceptors (Lipinski definition) is 3. The molecule has 0 heterocycles. The van der Waals surface area contributed by atoms with Gasteiger partial charge in [0.2, 0.25) is 0 Å². The minimum absolute atomic E-state index is 0.0578. The van der Waals surface area contributed by atoms with Crippen LogP contribution in [0.4, 0.5) is 0 Å². The van der Waals surface area contributed by atoms with Crippen molar-refractivity contribution in [3.63, 3.8) is 0 Å². The molecule has 0 amide bonds. The van der Waals surface area contributed by atoms with E-state index in [0.717, 1.165) is 0 Å². The summed E-state index contributed by atoms with van der Waals surface area (Å²) in [6, 6.07) is 3.13. The van der Waals surface area contributed by atoms with Crippen LogP contribution in [0, 0.1) is 6.92 Å². The SMILES string of the molecule is COc1c(C)ccc(Cl)c1S(=O)(=O)Cl. The summed E-state index contributed by atoms with van der Waals surface area (Å²) in [7, 11) is 2.71. The van der Waals surface area contributed by atoms with Crippen LogP contribution < -0.4 is 4.74 Å². The van der Waals surface area contributed by atoms with Gasteiger partial charge in [0, 0.05) is 10.7 Å². The smallest absolute Gasteiger partial charge is 0.266 e. The molecule has 0 aromatic heterocycles. The van der Waals surface area contributed by atoms with Crippen LogP contribution in [-0.4, -0.2) is 15.5 Å². The highest BCUT2D eigenvalue weighted by Gasteiger charge is 2.22. The lowest BCUT2D eigenvalue weighted by Gasteiger charge is -2.09. The average Bonchev–Trinajstić information content (AvgIpc) is 2.06. The van der Waals surface area contributed by atoms with E-state index in [9.17, 15) is 8.42 Å². The second-order valence-corrected chi connectivity index (χ2v) is 5.57. The number of aryl methyl sites for hydroxylation is 1. The van der Waals surface area contributed by atoms with Crippen molar-refractivity contribution in [2.45, 2.75) is 11.8 Å². The van der Waals surface area contributed by atoms with Crippen LogP contribution in [0.3, 0.4) is 0 Å². The van der Waals surface area contributed by atoms with Crippen molar-refractivity contribution >= 4 is 31.3 Å². The highest BCUT2D eigenvalue weighted by Crippen LogP contribution is 2.35. The van der Waals surface area contributed by atoms with Crippen molar-refractivity contribution < 1.29 is 13.2 Å². The number of methoxy groups -OCH3 is 1. The van der Waals surface area contributed by atoms with Gasteiger partial charge in [-0.25, -0.2) is 8.42 Å². The van der Waals surface area contributed by atoms with Gasteiger partial charge in [-0.05, 0) is 18.6 Å². The molecule has 0 aliphatic rings. The Morgan fingerprint density at radius 2 is 1.93 bits per heavy atom. The van der Waals surface area contributed by atoms with Gasteiger partial charge in [-0.15, -0.1) is 0 Å². The number of benzene rings is 1. The normalized spacial score (nSPS) is 11.4. The topological polar surface area (TPSA) is 43.4 Å². The second-order valence-electron chi connectivity index (χ2n) is 2.66. The summed E-state index contributed by atoms with van der Waals surface area (Å²) in [5, 5.41) is 0.0578. The van der Waals surface area contributed by atoms with Gasteiger partial charge >= 0.3 is 0 Å². The summed E-state index contributed by atoms with van der Waals surface area (Å²) in [4.78, 5) is -0.177. The van der Waals surface area contributed by atoms with E-state index in [1.54, 1.807) is 13.0 Å². The quantitative estimate of drug-likeness (QED) is 0.763. The third kappa shape index (κ3) is 2.13. The molecular formula is C8H8Cl2O3S. The Hall–Kier alpha value is -0.450. The zero-order valence-electron chi connectivity index (χ0n) is 7.54. The van der Waals surface area contributed by atoms with Crippen LogP contribution >= 0.6 is 22.3 Å². The molecule has 0 fully saturated rings. The Kier molecular flexibility index (Phi) is 3.29. The van der Waals surface area contributed by atoms with Crippen LogP contribution in [-0.2, 0) is 9.05 Å². The third-order valence-corrected chi connectivity index (χ3v) is 3.49. The van der Waals surface area contributed by atoms with E-state index in [-0.39, 0.29) is 15.7 Å². The summed E-state index contributed by atoms with van der Waals surface area (Å²) >= 11 is 5.72. The first-order valence-corrected chi connectivity index (χ1v) is 6.34. The minimum atomic E-state index is -3.88. The standard InChI is InChI=1S/C8H8Cl2O3S/c1-5-3-4-6(9)8(7(5)13-2)14(10,11)12/h3-4H,1-2H3. The fourth-order valence-electron chi connectivity index (χ4n) is 1.12. The first-order chi connectivity index (χ1) is 6.38. The van der Waals surface area contributed by atoms with Crippen molar-refractivity contribution in [2.24, 2.45) is 0 Å². The van der Waals surface area contributed by atoms with Crippen LogP contribution in [0.2, 0.25) is 5.02 Å². The summed E-state index contributed by atoms with van der Waals surface area (Å²) in [5.74, 6) is 0.188. The van der Waals surface area contributed by atoms with E-state index in [4.69, 9.17) is 27.0 Å². The zero-order valence-corrected chi connectivity index (χ0v) is 9.87. The van der Waals surface area contributed by atoms with Crippen molar-refractivity contribution in [3.8, 4) is 5.75 Å². The van der Waals surface area contributed by atoms with Gasteiger partial charge in [0.1, 0.15) is 10.6 Å². The van der Waals surface area contributed by atoms with Crippen LogP contribution in [0.5, 0.6) is 5.75 Å². The predicted octanol–water partition coefficient (Wildman–Crippen LogP) is 2.58. The maximum absolute atomic E-state index is 11.2. The number of hydrogen-bond donors (Lipinski definition) is 0. The maximum Gasteiger partial charge on any atom is 0.266 e. The molecule has 0 atom stereocenters. The van der Waals surface area contributed by atoms with Gasteiger partial charge < -0.3 is 4.74 Å². The van der Waals surface area contributed by atoms with Crippen molar-refractivity contribution in [3.05, 3.63) is 22.7 Å². The van der Waals surface area contributed by atoms with E-state index in [0.29, 0.717) is 5.56 Å². The van der Waals surface area contributed by atoms with Gasteiger partial charge in [-0.1, -0.05) is 17.7 Å². The minimum Gasteiger partial charge on any atom is -0.495 e. The van der Waals surface area contributed by atoms with Crippen LogP contribution in [0.15, 0.2) is 17.0 Å². The zero-order chi connectivity index (χ0) is 10.9. The molecule has 0 N–H and O–H groups in total. The van der Waals surface area contributed by atoms with Crippen molar-refractivity contribution in [2.75, 3.05) is 7.11 Å². The Balaban J connectivity index is 3.63. The lowest BCUT2D eigenvalue weighted by atomic mass is 10.2. The lowest BCUT2D eigenvalue weighted by molar-refractivity contribution is 0.400. The highest BCUT2D eigenvalue weighted by atomic mass is 35.7. The van der Waals surface area contributed by atoms with Gasteiger partial charge in [-0.3, -0.25) is 0 Å². The molecule has 1 aromatic rings. The summed E-state index contributed by atoms with van der Waals surface area (Å²) in [5.41, 5.74) is 0.663. The fraction of sp³-hybridized carbons (Fsp3) is 0.250. The summed E-state index contributed by atoms with van der Waals surface area (Å²) in [6.07, 6.45) is 0. The van der Waals surface area contributed by atoms with Crippen LogP contribution in [0.1, 0.15) is 5.56 Å². The molecular weight excluding hydrogens is 247 g/mol. The van der Waals surface area contributed by atoms with Gasteiger partial charge in [0.05, 0.1) is 12.1 Å². The first-order valence-electron chi connectivity index (χ1n) is 3.65. The largest absolute Gasteiger partial charge is 0.495 e. The molecule has 1 aromatic carbocycles. The molecule has 0 spiro atoms. The second kappa shape index (κ2) is 3.96. The number of rotatable bonds is 2. The Morgan fingerprint density at radius 3 is 2.29 bits per heavy atom. The van der Waals surface area contributed by atoms with Crippen molar-refractivity contribution in [1.29, 1.82) is 0 Å². The average molecular weight is 255 g/mol. The molecule has 14 heavy (non-hydrogen) atoms. The Labute approximate surface area is 92.0 Å². The Morgan fingerprint density at radius 1 is 1.36 bits per heavy atom. The van der Waals surface area contributed by atoms with Crippen molar-refractivity contribution in [1.82, 2.24) is 0 Å². The third-order valence-electron chi connectivity index (χ3n) is 1.71. The maximum atomic E-state index is 11.2. The van der Waals surface area contributed by atoms with Gasteiger partial charge in [-0.2, -0.15) is 0 Å². The van der Waals surface area contributed by atoms with Gasteiger partial charge in [0.15, 0.2) is 0 Å². The molecule has 0 aliphatic heterocycles. The highest BCUT2D eigenvalue weighted by molar-refractivity contribution is 8.14. The lowest BCUT2D eigenvalue weighted by Crippen LogP contribution is -1.99. The van der Waals surface area contributed by atoms with E-state index in [1.165, 1.54) is 13.2 Å².